The number of carbonyl (C=O) groups excluding carboxylic acids is 1. The van der Waals surface area contributed by atoms with Gasteiger partial charge in [0.25, 0.3) is 11.6 Å². The topological polar surface area (TPSA) is 89.1 Å². The van der Waals surface area contributed by atoms with Crippen molar-refractivity contribution >= 4 is 29.4 Å². The third-order valence-electron chi connectivity index (χ3n) is 4.81. The Morgan fingerprint density at radius 2 is 2.19 bits per heavy atom. The summed E-state index contributed by atoms with van der Waals surface area (Å²) in [6.07, 6.45) is 5.22. The Morgan fingerprint density at radius 1 is 1.37 bits per heavy atom. The summed E-state index contributed by atoms with van der Waals surface area (Å²) in [5.41, 5.74) is 1.83. The van der Waals surface area contributed by atoms with Crippen molar-refractivity contribution in [2.24, 2.45) is 7.05 Å². The van der Waals surface area contributed by atoms with Crippen LogP contribution in [0.15, 0.2) is 29.2 Å². The summed E-state index contributed by atoms with van der Waals surface area (Å²) in [6, 6.07) is 1.73. The Balaban J connectivity index is 0.00000210. The molecule has 0 spiro atoms. The highest BCUT2D eigenvalue weighted by Gasteiger charge is 2.31. The maximum atomic E-state index is 13.2. The molecule has 144 valence electrons. The van der Waals surface area contributed by atoms with E-state index in [1.807, 2.05) is 42.6 Å². The van der Waals surface area contributed by atoms with Gasteiger partial charge in [0.2, 0.25) is 0 Å². The Morgan fingerprint density at radius 3 is 2.89 bits per heavy atom. The Bertz CT molecular complexity index is 950. The first-order valence-electron chi connectivity index (χ1n) is 8.80. The van der Waals surface area contributed by atoms with Gasteiger partial charge in [0, 0.05) is 45.3 Å². The zero-order valence-corrected chi connectivity index (χ0v) is 16.4. The van der Waals surface area contributed by atoms with Gasteiger partial charge in [0.15, 0.2) is 0 Å². The lowest BCUT2D eigenvalue weighted by Crippen LogP contribution is -2.49. The minimum atomic E-state index is -0.112. The van der Waals surface area contributed by atoms with Gasteiger partial charge < -0.3 is 19.3 Å². The van der Waals surface area contributed by atoms with Crippen molar-refractivity contribution < 1.29 is 9.32 Å². The molecule has 0 radical (unpaired) electrons. The average Bonchev–Trinajstić information content (AvgIpc) is 3.26. The molecule has 27 heavy (non-hydrogen) atoms. The number of aromatic nitrogens is 4. The summed E-state index contributed by atoms with van der Waals surface area (Å²) in [7, 11) is 1.94. The van der Waals surface area contributed by atoms with Crippen LogP contribution in [0.3, 0.4) is 0 Å². The van der Waals surface area contributed by atoms with Crippen molar-refractivity contribution in [2.45, 2.75) is 25.8 Å². The summed E-state index contributed by atoms with van der Waals surface area (Å²) in [5, 5.41) is 8.24. The van der Waals surface area contributed by atoms with Crippen LogP contribution in [0.25, 0.3) is 11.1 Å². The van der Waals surface area contributed by atoms with Gasteiger partial charge >= 0.3 is 0 Å². The smallest absolute Gasteiger partial charge is 0.257 e. The minimum Gasteiger partial charge on any atom is -0.336 e. The van der Waals surface area contributed by atoms with Crippen molar-refractivity contribution in [3.8, 4) is 0 Å². The van der Waals surface area contributed by atoms with E-state index in [1.165, 1.54) is 0 Å². The number of carbonyl (C=O) groups is 1. The zero-order chi connectivity index (χ0) is 18.3. The Hall–Kier alpha value is -2.45. The van der Waals surface area contributed by atoms with Crippen LogP contribution in [0.5, 0.6) is 0 Å². The first kappa shape index (κ1) is 19.3. The van der Waals surface area contributed by atoms with Crippen molar-refractivity contribution in [1.82, 2.24) is 29.9 Å². The van der Waals surface area contributed by atoms with Gasteiger partial charge in [-0.3, -0.25) is 4.79 Å². The summed E-state index contributed by atoms with van der Waals surface area (Å²) in [5.74, 6) is 1.01. The third-order valence-corrected chi connectivity index (χ3v) is 4.81. The summed E-state index contributed by atoms with van der Waals surface area (Å²) in [6.45, 7) is 6.14. The number of fused-ring (bicyclic) bond motifs is 1. The molecule has 1 aliphatic heterocycles. The molecule has 1 aliphatic rings. The van der Waals surface area contributed by atoms with Gasteiger partial charge in [-0.05, 0) is 12.0 Å². The van der Waals surface area contributed by atoms with Gasteiger partial charge in [-0.15, -0.1) is 12.4 Å². The van der Waals surface area contributed by atoms with E-state index in [0.717, 1.165) is 23.4 Å². The number of pyridine rings is 1. The quantitative estimate of drug-likeness (QED) is 0.738. The van der Waals surface area contributed by atoms with Crippen LogP contribution in [0, 0.1) is 0 Å². The highest BCUT2D eigenvalue weighted by Crippen LogP contribution is 2.27. The van der Waals surface area contributed by atoms with E-state index in [2.05, 4.69) is 20.4 Å². The number of piperazine rings is 1. The third kappa shape index (κ3) is 3.42. The molecular formula is C18H23ClN6O2. The number of halogens is 1. The fourth-order valence-corrected chi connectivity index (χ4v) is 3.43. The molecular weight excluding hydrogens is 368 g/mol. The number of nitrogens with one attached hydrogen (secondary N) is 1. The Labute approximate surface area is 163 Å². The molecule has 9 heteroatoms. The van der Waals surface area contributed by atoms with E-state index < -0.39 is 0 Å². The molecule has 0 aliphatic carbocycles. The number of nitrogens with zero attached hydrogens (tertiary/aromatic N) is 5. The summed E-state index contributed by atoms with van der Waals surface area (Å²) < 4.78 is 7.23. The van der Waals surface area contributed by atoms with Crippen molar-refractivity contribution in [2.75, 3.05) is 19.6 Å². The molecule has 0 aromatic carbocycles. The number of aryl methyl sites for hydroxylation is 1. The van der Waals surface area contributed by atoms with Gasteiger partial charge in [-0.2, -0.15) is 0 Å². The molecule has 1 amide bonds. The average molecular weight is 391 g/mol. The van der Waals surface area contributed by atoms with Crippen LogP contribution < -0.4 is 5.32 Å². The van der Waals surface area contributed by atoms with Gasteiger partial charge in [0.05, 0.1) is 16.6 Å². The van der Waals surface area contributed by atoms with E-state index in [4.69, 9.17) is 4.52 Å². The largest absolute Gasteiger partial charge is 0.336 e. The second-order valence-corrected chi connectivity index (χ2v) is 6.91. The molecule has 4 rings (SSSR count). The summed E-state index contributed by atoms with van der Waals surface area (Å²) in [4.78, 5) is 23.8. The van der Waals surface area contributed by atoms with E-state index in [1.54, 1.807) is 12.4 Å². The molecule has 1 N–H and O–H groups in total. The first-order valence-corrected chi connectivity index (χ1v) is 8.80. The van der Waals surface area contributed by atoms with Crippen molar-refractivity contribution in [3.05, 3.63) is 41.7 Å². The van der Waals surface area contributed by atoms with Crippen LogP contribution in [0.1, 0.15) is 47.7 Å². The van der Waals surface area contributed by atoms with Gasteiger partial charge in [-0.25, -0.2) is 9.97 Å². The molecule has 8 nitrogen and oxygen atoms in total. The number of imidazole rings is 1. The minimum absolute atomic E-state index is 0. The van der Waals surface area contributed by atoms with Crippen LogP contribution in [-0.4, -0.2) is 50.1 Å². The zero-order valence-electron chi connectivity index (χ0n) is 15.5. The molecule has 0 saturated carbocycles. The predicted molar refractivity (Wildman–Crippen MR) is 103 cm³/mol. The SMILES string of the molecule is CC(C)c1noc2ncc(C(=O)N3CCNCC3c3nccn3C)cc12.Cl. The first-order chi connectivity index (χ1) is 12.6. The fraction of sp³-hybridized carbons (Fsp3) is 0.444. The maximum absolute atomic E-state index is 13.2. The summed E-state index contributed by atoms with van der Waals surface area (Å²) >= 11 is 0. The number of hydrogen-bond donors (Lipinski definition) is 1. The highest BCUT2D eigenvalue weighted by molar-refractivity contribution is 5.97. The lowest BCUT2D eigenvalue weighted by molar-refractivity contribution is 0.0620. The molecule has 0 bridgehead atoms. The maximum Gasteiger partial charge on any atom is 0.257 e. The van der Waals surface area contributed by atoms with Gasteiger partial charge in [-0.1, -0.05) is 19.0 Å². The molecule has 3 aromatic heterocycles. The second kappa shape index (κ2) is 7.66. The number of hydrogen-bond acceptors (Lipinski definition) is 6. The monoisotopic (exact) mass is 390 g/mol. The Kier molecular flexibility index (Phi) is 5.48. The molecule has 3 aromatic rings. The number of rotatable bonds is 3. The predicted octanol–water partition coefficient (Wildman–Crippen LogP) is 2.29. The molecule has 1 fully saturated rings. The van der Waals surface area contributed by atoms with Crippen molar-refractivity contribution in [3.63, 3.8) is 0 Å². The lowest BCUT2D eigenvalue weighted by Gasteiger charge is -2.35. The fourth-order valence-electron chi connectivity index (χ4n) is 3.43. The van der Waals surface area contributed by atoms with Gasteiger partial charge in [0.1, 0.15) is 11.9 Å². The van der Waals surface area contributed by atoms with Crippen LogP contribution in [-0.2, 0) is 7.05 Å². The van der Waals surface area contributed by atoms with Crippen LogP contribution in [0.4, 0.5) is 0 Å². The molecule has 1 saturated heterocycles. The lowest BCUT2D eigenvalue weighted by atomic mass is 10.1. The van der Waals surface area contributed by atoms with Crippen molar-refractivity contribution in [1.29, 1.82) is 0 Å². The number of amides is 1. The molecule has 1 atom stereocenters. The van der Waals surface area contributed by atoms with E-state index in [-0.39, 0.29) is 30.3 Å². The molecule has 1 unspecified atom stereocenters. The normalized spacial score (nSPS) is 17.3. The van der Waals surface area contributed by atoms with Crippen LogP contribution >= 0.6 is 12.4 Å². The van der Waals surface area contributed by atoms with Crippen LogP contribution in [0.2, 0.25) is 0 Å². The standard InChI is InChI=1S/C18H22N6O2.ClH/c1-11(2)15-13-8-12(9-21-17(13)26-22-15)18(25)24-7-4-19-10-14(24)16-20-5-6-23(16)3;/h5-6,8-9,11,14,19H,4,7,10H2,1-3H3;1H. The molecule has 4 heterocycles. The van der Waals surface area contributed by atoms with E-state index >= 15 is 0 Å². The van der Waals surface area contributed by atoms with E-state index in [0.29, 0.717) is 24.4 Å². The highest BCUT2D eigenvalue weighted by atomic mass is 35.5. The second-order valence-electron chi connectivity index (χ2n) is 6.91. The van der Waals surface area contributed by atoms with E-state index in [9.17, 15) is 4.79 Å².